The van der Waals surface area contributed by atoms with Gasteiger partial charge < -0.3 is 15.4 Å². The van der Waals surface area contributed by atoms with Crippen molar-refractivity contribution in [3.63, 3.8) is 0 Å². The van der Waals surface area contributed by atoms with Gasteiger partial charge in [0.05, 0.1) is 12.1 Å². The fourth-order valence-corrected chi connectivity index (χ4v) is 2.15. The van der Waals surface area contributed by atoms with E-state index in [0.29, 0.717) is 34.6 Å². The lowest BCUT2D eigenvalue weighted by atomic mass is 10.2. The quantitative estimate of drug-likeness (QED) is 0.794. The number of nitrogens with one attached hydrogen (secondary N) is 2. The van der Waals surface area contributed by atoms with Crippen molar-refractivity contribution in [3.8, 4) is 5.75 Å². The van der Waals surface area contributed by atoms with Crippen molar-refractivity contribution >= 4 is 29.0 Å². The normalized spacial score (nSPS) is 10.0. The van der Waals surface area contributed by atoms with Crippen molar-refractivity contribution in [3.05, 3.63) is 53.5 Å². The van der Waals surface area contributed by atoms with Crippen molar-refractivity contribution in [1.29, 1.82) is 0 Å². The molecule has 23 heavy (non-hydrogen) atoms. The third kappa shape index (κ3) is 4.43. The Bertz CT molecular complexity index is 734. The number of anilines is 2. The largest absolute Gasteiger partial charge is 0.495 e. The molecule has 120 valence electrons. The highest BCUT2D eigenvalue weighted by Gasteiger charge is 2.12. The number of carbonyl (C=O) groups is 1. The number of hydrogen-bond donors (Lipinski definition) is 2. The summed E-state index contributed by atoms with van der Waals surface area (Å²) >= 11 is 6.05. The van der Waals surface area contributed by atoms with Crippen LogP contribution in [0.25, 0.3) is 0 Å². The molecule has 0 aliphatic rings. The molecule has 0 aliphatic carbocycles. The maximum absolute atomic E-state index is 12.3. The first-order chi connectivity index (χ1) is 11.0. The van der Waals surface area contributed by atoms with Crippen molar-refractivity contribution in [1.82, 2.24) is 9.97 Å². The van der Waals surface area contributed by atoms with E-state index in [0.717, 1.165) is 0 Å². The average molecular weight is 333 g/mol. The highest BCUT2D eigenvalue weighted by Crippen LogP contribution is 2.27. The van der Waals surface area contributed by atoms with Gasteiger partial charge in [0.2, 0.25) is 0 Å². The molecule has 1 amide bonds. The minimum absolute atomic E-state index is 0.260. The van der Waals surface area contributed by atoms with Gasteiger partial charge in [-0.05, 0) is 25.1 Å². The van der Waals surface area contributed by atoms with Crippen LogP contribution in [0.15, 0.2) is 36.9 Å². The number of amides is 1. The Kier molecular flexibility index (Phi) is 5.54. The lowest BCUT2D eigenvalue weighted by Crippen LogP contribution is -2.16. The van der Waals surface area contributed by atoms with E-state index in [1.54, 1.807) is 37.3 Å². The van der Waals surface area contributed by atoms with E-state index >= 15 is 0 Å². The zero-order valence-electron chi connectivity index (χ0n) is 12.9. The summed E-state index contributed by atoms with van der Waals surface area (Å²) in [5, 5.41) is 6.19. The lowest BCUT2D eigenvalue weighted by molar-refractivity contribution is 0.102. The number of hydrogen-bond acceptors (Lipinski definition) is 5. The molecule has 2 aromatic rings. The van der Waals surface area contributed by atoms with E-state index < -0.39 is 0 Å². The van der Waals surface area contributed by atoms with Gasteiger partial charge in [0.15, 0.2) is 0 Å². The van der Waals surface area contributed by atoms with Crippen LogP contribution in [0, 0.1) is 6.92 Å². The van der Waals surface area contributed by atoms with Gasteiger partial charge in [-0.3, -0.25) is 4.79 Å². The van der Waals surface area contributed by atoms with E-state index in [1.807, 2.05) is 0 Å². The molecule has 0 bridgehead atoms. The molecular formula is C16H17ClN4O2. The predicted molar refractivity (Wildman–Crippen MR) is 91.4 cm³/mol. The zero-order valence-corrected chi connectivity index (χ0v) is 13.6. The van der Waals surface area contributed by atoms with E-state index in [9.17, 15) is 4.79 Å². The fourth-order valence-electron chi connectivity index (χ4n) is 1.89. The molecule has 1 aromatic heterocycles. The molecule has 0 saturated heterocycles. The Balaban J connectivity index is 2.18. The molecule has 2 rings (SSSR count). The topological polar surface area (TPSA) is 76.1 Å². The highest BCUT2D eigenvalue weighted by atomic mass is 35.5. The second-order valence-corrected chi connectivity index (χ2v) is 5.07. The highest BCUT2D eigenvalue weighted by molar-refractivity contribution is 6.32. The van der Waals surface area contributed by atoms with Crippen LogP contribution < -0.4 is 15.4 Å². The Morgan fingerprint density at radius 2 is 2.17 bits per heavy atom. The molecule has 2 N–H and O–H groups in total. The monoisotopic (exact) mass is 332 g/mol. The van der Waals surface area contributed by atoms with Crippen LogP contribution in [0.2, 0.25) is 5.02 Å². The van der Waals surface area contributed by atoms with E-state index in [-0.39, 0.29) is 11.6 Å². The summed E-state index contributed by atoms with van der Waals surface area (Å²) in [6, 6.07) is 6.58. The molecule has 0 fully saturated rings. The smallest absolute Gasteiger partial charge is 0.274 e. The maximum Gasteiger partial charge on any atom is 0.274 e. The summed E-state index contributed by atoms with van der Waals surface area (Å²) in [5.74, 6) is 1.25. The van der Waals surface area contributed by atoms with Crippen molar-refractivity contribution in [2.45, 2.75) is 6.92 Å². The van der Waals surface area contributed by atoms with Gasteiger partial charge in [-0.1, -0.05) is 17.7 Å². The molecular weight excluding hydrogens is 316 g/mol. The minimum atomic E-state index is -0.349. The van der Waals surface area contributed by atoms with Gasteiger partial charge in [0.1, 0.15) is 23.1 Å². The molecule has 0 unspecified atom stereocenters. The second kappa shape index (κ2) is 7.60. The van der Waals surface area contributed by atoms with E-state index in [1.165, 1.54) is 7.11 Å². The first kappa shape index (κ1) is 16.8. The van der Waals surface area contributed by atoms with Crippen molar-refractivity contribution in [2.24, 2.45) is 0 Å². The van der Waals surface area contributed by atoms with Gasteiger partial charge >= 0.3 is 0 Å². The van der Waals surface area contributed by atoms with Crippen LogP contribution in [0.4, 0.5) is 11.5 Å². The maximum atomic E-state index is 12.3. The van der Waals surface area contributed by atoms with Gasteiger partial charge in [0.25, 0.3) is 5.91 Å². The Morgan fingerprint density at radius 1 is 1.39 bits per heavy atom. The van der Waals surface area contributed by atoms with Crippen LogP contribution in [0.5, 0.6) is 5.75 Å². The van der Waals surface area contributed by atoms with Crippen LogP contribution in [0.3, 0.4) is 0 Å². The van der Waals surface area contributed by atoms with Crippen LogP contribution in [-0.4, -0.2) is 29.5 Å². The summed E-state index contributed by atoms with van der Waals surface area (Å²) < 4.78 is 5.08. The molecule has 0 aliphatic heterocycles. The standard InChI is InChI=1S/C16H17ClN4O2/c1-4-7-18-15-9-13(19-10(2)20-15)16(22)21-11-5-6-14(23-3)12(17)8-11/h4-6,8-9H,1,7H2,2-3H3,(H,21,22)(H,18,19,20). The molecule has 0 saturated carbocycles. The Morgan fingerprint density at radius 3 is 2.83 bits per heavy atom. The van der Waals surface area contributed by atoms with Crippen LogP contribution in [-0.2, 0) is 0 Å². The fraction of sp³-hybridized carbons (Fsp3) is 0.188. The van der Waals surface area contributed by atoms with E-state index in [2.05, 4.69) is 27.2 Å². The molecule has 0 spiro atoms. The summed E-state index contributed by atoms with van der Waals surface area (Å²) in [7, 11) is 1.53. The number of aryl methyl sites for hydroxylation is 1. The zero-order chi connectivity index (χ0) is 16.8. The first-order valence-corrected chi connectivity index (χ1v) is 7.26. The number of aromatic nitrogens is 2. The number of methoxy groups -OCH3 is 1. The second-order valence-electron chi connectivity index (χ2n) is 4.66. The van der Waals surface area contributed by atoms with Gasteiger partial charge in [-0.25, -0.2) is 9.97 Å². The van der Waals surface area contributed by atoms with Crippen LogP contribution in [0.1, 0.15) is 16.3 Å². The molecule has 1 aromatic carbocycles. The number of halogens is 1. The van der Waals surface area contributed by atoms with Gasteiger partial charge in [-0.15, -0.1) is 6.58 Å². The number of carbonyl (C=O) groups excluding carboxylic acids is 1. The Hall–Kier alpha value is -2.60. The Labute approximate surface area is 139 Å². The SMILES string of the molecule is C=CCNc1cc(C(=O)Nc2ccc(OC)c(Cl)c2)nc(C)n1. The van der Waals surface area contributed by atoms with Crippen molar-refractivity contribution in [2.75, 3.05) is 24.3 Å². The summed E-state index contributed by atoms with van der Waals surface area (Å²) in [6.45, 7) is 5.90. The number of rotatable bonds is 6. The molecule has 6 nitrogen and oxygen atoms in total. The molecule has 7 heteroatoms. The van der Waals surface area contributed by atoms with Gasteiger partial charge in [-0.2, -0.15) is 0 Å². The van der Waals surface area contributed by atoms with Gasteiger partial charge in [0, 0.05) is 18.3 Å². The molecule has 0 atom stereocenters. The average Bonchev–Trinajstić information content (AvgIpc) is 2.52. The summed E-state index contributed by atoms with van der Waals surface area (Å²) in [4.78, 5) is 20.7. The number of benzene rings is 1. The van der Waals surface area contributed by atoms with E-state index in [4.69, 9.17) is 16.3 Å². The molecule has 1 heterocycles. The third-order valence-electron chi connectivity index (χ3n) is 2.91. The summed E-state index contributed by atoms with van der Waals surface area (Å²) in [5.41, 5.74) is 0.814. The predicted octanol–water partition coefficient (Wildman–Crippen LogP) is 3.30. The van der Waals surface area contributed by atoms with Crippen molar-refractivity contribution < 1.29 is 9.53 Å². The summed E-state index contributed by atoms with van der Waals surface area (Å²) in [6.07, 6.45) is 1.70. The third-order valence-corrected chi connectivity index (χ3v) is 3.20. The first-order valence-electron chi connectivity index (χ1n) is 6.89. The number of ether oxygens (including phenoxy) is 1. The minimum Gasteiger partial charge on any atom is -0.495 e. The lowest BCUT2D eigenvalue weighted by Gasteiger charge is -2.09. The van der Waals surface area contributed by atoms with Crippen LogP contribution >= 0.6 is 11.6 Å². The molecule has 0 radical (unpaired) electrons. The number of nitrogens with zero attached hydrogens (tertiary/aromatic N) is 2.